The van der Waals surface area contributed by atoms with Crippen molar-refractivity contribution in [2.75, 3.05) is 13.1 Å². The van der Waals surface area contributed by atoms with Gasteiger partial charge >= 0.3 is 0 Å². The van der Waals surface area contributed by atoms with Gasteiger partial charge in [-0.3, -0.25) is 4.48 Å². The average molecular weight is 239 g/mol. The third kappa shape index (κ3) is 3.39. The Kier molecular flexibility index (Phi) is 5.86. The molecule has 3 heteroatoms. The minimum Gasteiger partial charge on any atom is -0.345 e. The summed E-state index contributed by atoms with van der Waals surface area (Å²) in [7, 11) is 0. The number of quaternary nitrogens is 1. The Morgan fingerprint density at radius 1 is 1.53 bits per heavy atom. The first kappa shape index (κ1) is 14.4. The van der Waals surface area contributed by atoms with Crippen molar-refractivity contribution >= 4 is 6.21 Å². The fourth-order valence-corrected chi connectivity index (χ4v) is 2.67. The lowest BCUT2D eigenvalue weighted by Gasteiger charge is -2.40. The van der Waals surface area contributed by atoms with Gasteiger partial charge in [0.25, 0.3) is 0 Å². The van der Waals surface area contributed by atoms with Crippen molar-refractivity contribution in [1.82, 2.24) is 0 Å². The lowest BCUT2D eigenvalue weighted by Crippen LogP contribution is -2.57. The molecular weight excluding hydrogens is 212 g/mol. The number of aliphatic imine (C=N–C) groups is 1. The third-order valence-corrected chi connectivity index (χ3v) is 3.94. The van der Waals surface area contributed by atoms with Gasteiger partial charge in [-0.15, -0.1) is 0 Å². The molecule has 1 heterocycles. The highest BCUT2D eigenvalue weighted by Gasteiger charge is 2.41. The van der Waals surface area contributed by atoms with E-state index < -0.39 is 0 Å². The zero-order valence-electron chi connectivity index (χ0n) is 11.5. The van der Waals surface area contributed by atoms with Gasteiger partial charge in [-0.25, -0.2) is 4.99 Å². The van der Waals surface area contributed by atoms with E-state index in [9.17, 15) is 5.11 Å². The molecule has 0 bridgehead atoms. The molecule has 1 rings (SSSR count). The zero-order valence-corrected chi connectivity index (χ0v) is 11.5. The monoisotopic (exact) mass is 239 g/mol. The number of aliphatic hydroxyl groups excluding tert-OH is 1. The molecule has 3 atom stereocenters. The molecule has 0 fully saturated rings. The smallest absolute Gasteiger partial charge is 0.189 e. The van der Waals surface area contributed by atoms with E-state index in [0.29, 0.717) is 0 Å². The minimum absolute atomic E-state index is 0.269. The maximum Gasteiger partial charge on any atom is 0.189 e. The molecule has 17 heavy (non-hydrogen) atoms. The lowest BCUT2D eigenvalue weighted by atomic mass is 10.1. The number of unbranched alkanes of at least 4 members (excludes halogenated alkanes) is 2. The van der Waals surface area contributed by atoms with Crippen LogP contribution in [0.1, 0.15) is 46.5 Å². The molecule has 0 aromatic carbocycles. The molecule has 0 aromatic heterocycles. The molecule has 1 N–H and O–H groups in total. The summed E-state index contributed by atoms with van der Waals surface area (Å²) in [6.45, 7) is 7.94. The first-order chi connectivity index (χ1) is 8.17. The Labute approximate surface area is 105 Å². The Bertz CT molecular complexity index is 273. The van der Waals surface area contributed by atoms with Crippen molar-refractivity contribution in [3.8, 4) is 0 Å². The van der Waals surface area contributed by atoms with Crippen LogP contribution in [0.3, 0.4) is 0 Å². The summed E-state index contributed by atoms with van der Waals surface area (Å²) in [6.07, 6.45) is 10.9. The summed E-state index contributed by atoms with van der Waals surface area (Å²) >= 11 is 0. The number of allylic oxidation sites excluding steroid dienone is 2. The normalized spacial score (nSPS) is 30.2. The highest BCUT2D eigenvalue weighted by Crippen LogP contribution is 2.26. The van der Waals surface area contributed by atoms with Crippen LogP contribution in [-0.4, -0.2) is 41.3 Å². The first-order valence-electron chi connectivity index (χ1n) is 6.84. The van der Waals surface area contributed by atoms with E-state index in [1.807, 2.05) is 13.1 Å². The van der Waals surface area contributed by atoms with Crippen molar-refractivity contribution in [1.29, 1.82) is 0 Å². The molecule has 0 spiro atoms. The molecule has 0 aliphatic carbocycles. The maximum absolute atomic E-state index is 9.99. The highest BCUT2D eigenvalue weighted by atomic mass is 16.3. The van der Waals surface area contributed by atoms with Crippen LogP contribution in [0.4, 0.5) is 0 Å². The fourth-order valence-electron chi connectivity index (χ4n) is 2.67. The van der Waals surface area contributed by atoms with E-state index in [4.69, 9.17) is 0 Å². The van der Waals surface area contributed by atoms with Crippen LogP contribution in [0.15, 0.2) is 17.1 Å². The summed E-state index contributed by atoms with van der Waals surface area (Å²) in [5.41, 5.74) is 0. The first-order valence-corrected chi connectivity index (χ1v) is 6.84. The SMILES string of the molecule is C/C=C/CCCCC1N=CC[N+]1(CC)C(C)O. The van der Waals surface area contributed by atoms with Gasteiger partial charge in [0.1, 0.15) is 6.54 Å². The van der Waals surface area contributed by atoms with Crippen LogP contribution in [0.2, 0.25) is 0 Å². The molecule has 0 radical (unpaired) electrons. The van der Waals surface area contributed by atoms with E-state index in [2.05, 4.69) is 31.0 Å². The Balaban J connectivity index is 2.43. The topological polar surface area (TPSA) is 32.6 Å². The second kappa shape index (κ2) is 6.92. The molecule has 0 saturated heterocycles. The van der Waals surface area contributed by atoms with Gasteiger partial charge in [0.05, 0.1) is 12.8 Å². The van der Waals surface area contributed by atoms with Gasteiger partial charge < -0.3 is 5.11 Å². The molecule has 0 amide bonds. The van der Waals surface area contributed by atoms with Crippen molar-refractivity contribution in [2.24, 2.45) is 4.99 Å². The molecule has 3 unspecified atom stereocenters. The van der Waals surface area contributed by atoms with Crippen molar-refractivity contribution in [3.05, 3.63) is 12.2 Å². The number of hydrogen-bond acceptors (Lipinski definition) is 2. The van der Waals surface area contributed by atoms with Crippen molar-refractivity contribution in [2.45, 2.75) is 58.8 Å². The number of rotatable bonds is 7. The van der Waals surface area contributed by atoms with E-state index in [0.717, 1.165) is 30.4 Å². The molecule has 1 aliphatic heterocycles. The lowest BCUT2D eigenvalue weighted by molar-refractivity contribution is -0.976. The molecule has 98 valence electrons. The predicted molar refractivity (Wildman–Crippen MR) is 72.9 cm³/mol. The van der Waals surface area contributed by atoms with Gasteiger partial charge in [-0.1, -0.05) is 12.2 Å². The van der Waals surface area contributed by atoms with E-state index in [1.54, 1.807) is 0 Å². The van der Waals surface area contributed by atoms with E-state index in [1.165, 1.54) is 12.8 Å². The van der Waals surface area contributed by atoms with Crippen LogP contribution in [0.5, 0.6) is 0 Å². The zero-order chi connectivity index (χ0) is 12.7. The van der Waals surface area contributed by atoms with Crippen LogP contribution >= 0.6 is 0 Å². The quantitative estimate of drug-likeness (QED) is 0.413. The fraction of sp³-hybridized carbons (Fsp3) is 0.786. The minimum atomic E-state index is -0.317. The molecule has 3 nitrogen and oxygen atoms in total. The number of aliphatic hydroxyl groups is 1. The van der Waals surface area contributed by atoms with Crippen LogP contribution < -0.4 is 0 Å². The summed E-state index contributed by atoms with van der Waals surface area (Å²) in [5.74, 6) is 0. The van der Waals surface area contributed by atoms with Crippen LogP contribution in [0.25, 0.3) is 0 Å². The third-order valence-electron chi connectivity index (χ3n) is 3.94. The van der Waals surface area contributed by atoms with Crippen LogP contribution in [0, 0.1) is 0 Å². The summed E-state index contributed by atoms with van der Waals surface area (Å²) in [4.78, 5) is 4.57. The van der Waals surface area contributed by atoms with Gasteiger partial charge in [-0.2, -0.15) is 0 Å². The van der Waals surface area contributed by atoms with Crippen molar-refractivity contribution in [3.63, 3.8) is 0 Å². The highest BCUT2D eigenvalue weighted by molar-refractivity contribution is 5.60. The Morgan fingerprint density at radius 2 is 2.29 bits per heavy atom. The summed E-state index contributed by atoms with van der Waals surface area (Å²) in [5, 5.41) is 9.99. The van der Waals surface area contributed by atoms with Crippen molar-refractivity contribution < 1.29 is 9.59 Å². The largest absolute Gasteiger partial charge is 0.345 e. The van der Waals surface area contributed by atoms with Crippen LogP contribution in [-0.2, 0) is 0 Å². The predicted octanol–water partition coefficient (Wildman–Crippen LogP) is 2.71. The van der Waals surface area contributed by atoms with Gasteiger partial charge in [0, 0.05) is 13.3 Å². The molecule has 0 saturated carbocycles. The maximum atomic E-state index is 9.99. The van der Waals surface area contributed by atoms with Gasteiger partial charge in [0.15, 0.2) is 12.4 Å². The van der Waals surface area contributed by atoms with E-state index in [-0.39, 0.29) is 12.4 Å². The summed E-state index contributed by atoms with van der Waals surface area (Å²) < 4.78 is 0.726. The second-order valence-corrected chi connectivity index (χ2v) is 4.90. The Morgan fingerprint density at radius 3 is 2.88 bits per heavy atom. The second-order valence-electron chi connectivity index (χ2n) is 4.90. The number of hydrogen-bond donors (Lipinski definition) is 1. The molecular formula is C14H27N2O+. The van der Waals surface area contributed by atoms with Gasteiger partial charge in [0.2, 0.25) is 0 Å². The number of nitrogens with zero attached hydrogens (tertiary/aromatic N) is 2. The average Bonchev–Trinajstić information content (AvgIpc) is 2.73. The van der Waals surface area contributed by atoms with Gasteiger partial charge in [-0.05, 0) is 33.1 Å². The van der Waals surface area contributed by atoms with E-state index >= 15 is 0 Å². The standard InChI is InChI=1S/C14H27N2O/c1-4-6-7-8-9-10-14-15-11-12-16(14,5-2)13(3)17/h4,6,11,13-14,17H,5,7-10,12H2,1-3H3/q+1/b6-4+. The molecule has 1 aliphatic rings. The summed E-state index contributed by atoms with van der Waals surface area (Å²) in [6, 6.07) is 0. The molecule has 0 aromatic rings. The Hall–Kier alpha value is -0.670.